The third kappa shape index (κ3) is 2.36. The lowest BCUT2D eigenvalue weighted by atomic mass is 9.37. The van der Waals surface area contributed by atoms with Gasteiger partial charge in [-0.3, -0.25) is 9.59 Å². The Morgan fingerprint density at radius 1 is 1.26 bits per heavy atom. The van der Waals surface area contributed by atoms with E-state index < -0.39 is 17.5 Å². The molecule has 1 aromatic carbocycles. The Kier molecular flexibility index (Phi) is 4.65. The Labute approximate surface area is 199 Å². The fourth-order valence-electron chi connectivity index (χ4n) is 8.00. The normalized spacial score (nSPS) is 38.2. The molecule has 0 unspecified atom stereocenters. The molecule has 2 fully saturated rings. The third-order valence-electron chi connectivity index (χ3n) is 9.31. The number of methoxy groups -OCH3 is 2. The van der Waals surface area contributed by atoms with Crippen LogP contribution in [-0.2, 0) is 30.9 Å². The Bertz CT molecular complexity index is 1100. The standard InChI is InChI=1S/C26H32N2O6/c1-5-33-19(29)14-27-22(30)16-13-24-8-9-26(16,32-4)23-25(24)10-11-28(2)18(24)12-15-6-7-17(31-3)21(34-23)20(15)25/h6-9,16,18,23H,5,10-14H2,1-4H3,(H,27,30)/t16-,18+,23-,24-,25-,26+/m0/s1. The van der Waals surface area contributed by atoms with Gasteiger partial charge in [-0.1, -0.05) is 18.2 Å². The predicted molar refractivity (Wildman–Crippen MR) is 123 cm³/mol. The number of ether oxygens (including phenoxy) is 4. The maximum atomic E-state index is 13.6. The van der Waals surface area contributed by atoms with Gasteiger partial charge in [0.1, 0.15) is 18.2 Å². The molecule has 2 spiro atoms. The van der Waals surface area contributed by atoms with Gasteiger partial charge in [-0.15, -0.1) is 0 Å². The van der Waals surface area contributed by atoms with Gasteiger partial charge < -0.3 is 29.2 Å². The molecule has 0 aromatic heterocycles. The van der Waals surface area contributed by atoms with E-state index in [1.54, 1.807) is 21.1 Å². The van der Waals surface area contributed by atoms with E-state index in [-0.39, 0.29) is 42.0 Å². The molecule has 2 heterocycles. The van der Waals surface area contributed by atoms with Gasteiger partial charge in [0.05, 0.1) is 25.0 Å². The molecule has 2 aliphatic heterocycles. The molecular weight excluding hydrogens is 436 g/mol. The lowest BCUT2D eigenvalue weighted by molar-refractivity contribution is -0.213. The second-order valence-electron chi connectivity index (χ2n) is 10.3. The minimum Gasteiger partial charge on any atom is -0.493 e. The van der Waals surface area contributed by atoms with E-state index in [0.29, 0.717) is 6.42 Å². The SMILES string of the molecule is CCOC(=O)CNC(=O)[C@@H]1C[C@]23C=C[C@]1(OC)[C@H]1Oc4c(OC)ccc5c4[C@@]12CCN(C)[C@@H]3C5. The van der Waals surface area contributed by atoms with Crippen molar-refractivity contribution in [2.24, 2.45) is 11.3 Å². The van der Waals surface area contributed by atoms with Gasteiger partial charge in [-0.25, -0.2) is 0 Å². The number of likely N-dealkylation sites (N-methyl/N-ethyl adjacent to an activating group) is 1. The molecular formula is C26H32N2O6. The lowest BCUT2D eigenvalue weighted by Gasteiger charge is -2.70. The molecule has 4 bridgehead atoms. The summed E-state index contributed by atoms with van der Waals surface area (Å²) >= 11 is 0. The second kappa shape index (κ2) is 7.21. The van der Waals surface area contributed by atoms with Crippen molar-refractivity contribution in [1.29, 1.82) is 0 Å². The number of nitrogens with zero attached hydrogens (tertiary/aromatic N) is 1. The Morgan fingerprint density at radius 2 is 2.09 bits per heavy atom. The predicted octanol–water partition coefficient (Wildman–Crippen LogP) is 1.59. The fourth-order valence-corrected chi connectivity index (χ4v) is 8.00. The van der Waals surface area contributed by atoms with E-state index in [4.69, 9.17) is 18.9 Å². The van der Waals surface area contributed by atoms with Crippen molar-refractivity contribution in [3.63, 3.8) is 0 Å². The smallest absolute Gasteiger partial charge is 0.325 e. The number of likely N-dealkylation sites (tertiary alicyclic amines) is 1. The molecule has 34 heavy (non-hydrogen) atoms. The van der Waals surface area contributed by atoms with Crippen molar-refractivity contribution in [2.75, 3.05) is 41.0 Å². The maximum absolute atomic E-state index is 13.6. The molecule has 1 N–H and O–H groups in total. The molecule has 4 aliphatic carbocycles. The van der Waals surface area contributed by atoms with Crippen molar-refractivity contribution >= 4 is 11.9 Å². The monoisotopic (exact) mass is 468 g/mol. The van der Waals surface area contributed by atoms with E-state index in [1.165, 1.54) is 11.1 Å². The number of piperidine rings is 1. The van der Waals surface area contributed by atoms with Crippen LogP contribution in [0, 0.1) is 11.3 Å². The summed E-state index contributed by atoms with van der Waals surface area (Å²) in [7, 11) is 5.51. The summed E-state index contributed by atoms with van der Waals surface area (Å²) in [5.41, 5.74) is 1.04. The molecule has 1 saturated heterocycles. The zero-order valence-electron chi connectivity index (χ0n) is 20.2. The summed E-state index contributed by atoms with van der Waals surface area (Å²) in [5.74, 6) is 0.387. The van der Waals surface area contributed by atoms with Gasteiger partial charge in [0, 0.05) is 24.1 Å². The summed E-state index contributed by atoms with van der Waals surface area (Å²) in [6, 6.07) is 4.42. The Morgan fingerprint density at radius 3 is 2.82 bits per heavy atom. The summed E-state index contributed by atoms with van der Waals surface area (Å²) in [6.45, 7) is 2.83. The summed E-state index contributed by atoms with van der Waals surface area (Å²) in [6.07, 6.45) is 6.49. The molecule has 8 nitrogen and oxygen atoms in total. The average Bonchev–Trinajstić information content (AvgIpc) is 3.22. The third-order valence-corrected chi connectivity index (χ3v) is 9.31. The molecule has 7 rings (SSSR count). The number of esters is 1. The molecule has 6 atom stereocenters. The molecule has 182 valence electrons. The van der Waals surface area contributed by atoms with E-state index >= 15 is 0 Å². The number of carbonyl (C=O) groups is 2. The topological polar surface area (TPSA) is 86.3 Å². The van der Waals surface area contributed by atoms with Crippen LogP contribution >= 0.6 is 0 Å². The number of carbonyl (C=O) groups excluding carboxylic acids is 2. The van der Waals surface area contributed by atoms with Crippen molar-refractivity contribution in [1.82, 2.24) is 10.2 Å². The fraction of sp³-hybridized carbons (Fsp3) is 0.615. The summed E-state index contributed by atoms with van der Waals surface area (Å²) < 4.78 is 23.8. The molecule has 1 aromatic rings. The van der Waals surface area contributed by atoms with Crippen molar-refractivity contribution in [3.8, 4) is 11.5 Å². The summed E-state index contributed by atoms with van der Waals surface area (Å²) in [5, 5.41) is 2.81. The van der Waals surface area contributed by atoms with Crippen LogP contribution in [0.1, 0.15) is 30.9 Å². The lowest BCUT2D eigenvalue weighted by Crippen LogP contribution is -2.80. The van der Waals surface area contributed by atoms with Crippen LogP contribution in [0.25, 0.3) is 0 Å². The van der Waals surface area contributed by atoms with E-state index in [0.717, 1.165) is 30.9 Å². The number of hydrogen-bond acceptors (Lipinski definition) is 7. The van der Waals surface area contributed by atoms with Crippen LogP contribution in [0.4, 0.5) is 0 Å². The first-order chi connectivity index (χ1) is 16.4. The first kappa shape index (κ1) is 21.9. The van der Waals surface area contributed by atoms with Crippen molar-refractivity contribution < 1.29 is 28.5 Å². The highest BCUT2D eigenvalue weighted by Crippen LogP contribution is 2.74. The van der Waals surface area contributed by atoms with E-state index in [1.807, 2.05) is 6.07 Å². The number of nitrogens with one attached hydrogen (secondary N) is 1. The van der Waals surface area contributed by atoms with Crippen molar-refractivity contribution in [2.45, 2.75) is 49.3 Å². The number of amides is 1. The van der Waals surface area contributed by atoms with Gasteiger partial charge in [-0.05, 0) is 51.4 Å². The first-order valence-corrected chi connectivity index (χ1v) is 12.1. The van der Waals surface area contributed by atoms with Gasteiger partial charge in [0.15, 0.2) is 11.5 Å². The van der Waals surface area contributed by atoms with Crippen LogP contribution in [0.3, 0.4) is 0 Å². The van der Waals surface area contributed by atoms with Crippen LogP contribution in [0.15, 0.2) is 24.3 Å². The molecule has 0 radical (unpaired) electrons. The molecule has 1 amide bonds. The number of hydrogen-bond donors (Lipinski definition) is 1. The zero-order valence-corrected chi connectivity index (χ0v) is 20.2. The van der Waals surface area contributed by atoms with Crippen LogP contribution < -0.4 is 14.8 Å². The molecule has 6 aliphatic rings. The minimum atomic E-state index is -0.945. The van der Waals surface area contributed by atoms with Crippen LogP contribution in [-0.4, -0.2) is 75.5 Å². The highest BCUT2D eigenvalue weighted by atomic mass is 16.6. The van der Waals surface area contributed by atoms with E-state index in [2.05, 4.69) is 35.5 Å². The zero-order chi connectivity index (χ0) is 23.9. The molecule has 8 heteroatoms. The van der Waals surface area contributed by atoms with Crippen molar-refractivity contribution in [3.05, 3.63) is 35.4 Å². The largest absolute Gasteiger partial charge is 0.493 e. The highest BCUT2D eigenvalue weighted by molar-refractivity contribution is 5.86. The Balaban J connectivity index is 1.50. The quantitative estimate of drug-likeness (QED) is 0.501. The number of rotatable bonds is 6. The maximum Gasteiger partial charge on any atom is 0.325 e. The average molecular weight is 469 g/mol. The Hall–Kier alpha value is -2.58. The molecule has 1 saturated carbocycles. The van der Waals surface area contributed by atoms with E-state index in [9.17, 15) is 9.59 Å². The van der Waals surface area contributed by atoms with Crippen LogP contribution in [0.2, 0.25) is 0 Å². The summed E-state index contributed by atoms with van der Waals surface area (Å²) in [4.78, 5) is 28.0. The van der Waals surface area contributed by atoms with Gasteiger partial charge >= 0.3 is 5.97 Å². The first-order valence-electron chi connectivity index (χ1n) is 12.1. The van der Waals surface area contributed by atoms with Gasteiger partial charge in [0.2, 0.25) is 5.91 Å². The van der Waals surface area contributed by atoms with Gasteiger partial charge in [-0.2, -0.15) is 0 Å². The van der Waals surface area contributed by atoms with Gasteiger partial charge in [0.25, 0.3) is 0 Å². The highest BCUT2D eigenvalue weighted by Gasteiger charge is 2.79. The second-order valence-corrected chi connectivity index (χ2v) is 10.3. The van der Waals surface area contributed by atoms with Crippen LogP contribution in [0.5, 0.6) is 11.5 Å². The number of benzene rings is 1. The minimum absolute atomic E-state index is 0.155. The number of fused-ring (bicyclic) bond motifs is 1.